The summed E-state index contributed by atoms with van der Waals surface area (Å²) in [7, 11) is 1.39. The minimum absolute atomic E-state index is 0.0669. The molecular weight excluding hydrogens is 474 g/mol. The van der Waals surface area contributed by atoms with Gasteiger partial charge in [-0.2, -0.15) is 5.10 Å². The summed E-state index contributed by atoms with van der Waals surface area (Å²) in [4.78, 5) is 25.6. The van der Waals surface area contributed by atoms with E-state index in [-0.39, 0.29) is 29.6 Å². The fourth-order valence-electron chi connectivity index (χ4n) is 3.18. The predicted molar refractivity (Wildman–Crippen MR) is 130 cm³/mol. The third-order valence-electron chi connectivity index (χ3n) is 4.90. The Morgan fingerprint density at radius 2 is 1.86 bits per heavy atom. The number of carbonyl (C=O) groups is 2. The molecule has 35 heavy (non-hydrogen) atoms. The summed E-state index contributed by atoms with van der Waals surface area (Å²) in [5.74, 6) is -0.100. The molecule has 0 radical (unpaired) electrons. The number of methoxy groups -OCH3 is 1. The van der Waals surface area contributed by atoms with Crippen molar-refractivity contribution in [2.45, 2.75) is 0 Å². The quantitative estimate of drug-likeness (QED) is 0.262. The van der Waals surface area contributed by atoms with E-state index in [4.69, 9.17) is 25.8 Å². The number of halogens is 1. The fourth-order valence-corrected chi connectivity index (χ4v) is 3.40. The standard InChI is InChI=1S/C25H20ClN3O6/c1-33-22-12-18(26)11-17(23(22)30)13-27-29-25(32)19(28-24(31)16-5-3-2-4-6-16)9-15-7-8-20-21(10-15)35-14-34-20/h2-13,30H,14H2,1H3,(H,28,31)(H,29,32). The van der Waals surface area contributed by atoms with Gasteiger partial charge in [-0.1, -0.05) is 35.9 Å². The molecule has 0 saturated carbocycles. The summed E-state index contributed by atoms with van der Waals surface area (Å²) in [6.45, 7) is 0.108. The van der Waals surface area contributed by atoms with E-state index in [1.54, 1.807) is 48.5 Å². The van der Waals surface area contributed by atoms with E-state index >= 15 is 0 Å². The van der Waals surface area contributed by atoms with Gasteiger partial charge < -0.3 is 24.6 Å². The summed E-state index contributed by atoms with van der Waals surface area (Å²) in [5, 5.41) is 17.0. The van der Waals surface area contributed by atoms with Crippen molar-refractivity contribution in [1.29, 1.82) is 0 Å². The monoisotopic (exact) mass is 493 g/mol. The third kappa shape index (κ3) is 5.71. The molecule has 9 nitrogen and oxygen atoms in total. The zero-order chi connectivity index (χ0) is 24.8. The highest BCUT2D eigenvalue weighted by Crippen LogP contribution is 2.33. The number of phenols is 1. The lowest BCUT2D eigenvalue weighted by Crippen LogP contribution is -2.32. The number of phenolic OH excluding ortho intramolecular Hbond substituents is 1. The average molecular weight is 494 g/mol. The van der Waals surface area contributed by atoms with Crippen molar-refractivity contribution in [3.8, 4) is 23.0 Å². The van der Waals surface area contributed by atoms with Gasteiger partial charge in [0.2, 0.25) is 6.79 Å². The molecule has 2 amide bonds. The number of amides is 2. The molecular formula is C25H20ClN3O6. The van der Waals surface area contributed by atoms with Crippen LogP contribution in [0.3, 0.4) is 0 Å². The number of aromatic hydroxyl groups is 1. The summed E-state index contributed by atoms with van der Waals surface area (Å²) in [5.41, 5.74) is 3.46. The summed E-state index contributed by atoms with van der Waals surface area (Å²) in [6, 6.07) is 16.5. The normalized spacial score (nSPS) is 12.5. The molecule has 0 aliphatic carbocycles. The van der Waals surface area contributed by atoms with E-state index in [0.29, 0.717) is 27.6 Å². The van der Waals surface area contributed by atoms with Gasteiger partial charge in [0.05, 0.1) is 13.3 Å². The molecule has 178 valence electrons. The zero-order valence-corrected chi connectivity index (χ0v) is 19.2. The number of ether oxygens (including phenoxy) is 3. The minimum atomic E-state index is -0.698. The lowest BCUT2D eigenvalue weighted by atomic mass is 10.1. The molecule has 0 bridgehead atoms. The highest BCUT2D eigenvalue weighted by atomic mass is 35.5. The Bertz CT molecular complexity index is 1320. The zero-order valence-electron chi connectivity index (χ0n) is 18.4. The maximum atomic E-state index is 12.9. The topological polar surface area (TPSA) is 118 Å². The van der Waals surface area contributed by atoms with Crippen LogP contribution in [0, 0.1) is 0 Å². The van der Waals surface area contributed by atoms with E-state index in [0.717, 1.165) is 0 Å². The number of hydrogen-bond donors (Lipinski definition) is 3. The van der Waals surface area contributed by atoms with Crippen LogP contribution in [0.5, 0.6) is 23.0 Å². The first-order chi connectivity index (χ1) is 16.9. The number of rotatable bonds is 7. The van der Waals surface area contributed by atoms with Gasteiger partial charge in [-0.05, 0) is 42.0 Å². The number of nitrogens with zero attached hydrogens (tertiary/aromatic N) is 1. The van der Waals surface area contributed by atoms with Gasteiger partial charge in [0.1, 0.15) is 5.70 Å². The second-order valence-electron chi connectivity index (χ2n) is 7.24. The summed E-state index contributed by atoms with van der Waals surface area (Å²) >= 11 is 6.02. The number of hydrogen-bond acceptors (Lipinski definition) is 7. The van der Waals surface area contributed by atoms with Crippen molar-refractivity contribution in [2.75, 3.05) is 13.9 Å². The van der Waals surface area contributed by atoms with E-state index in [1.807, 2.05) is 0 Å². The highest BCUT2D eigenvalue weighted by Gasteiger charge is 2.17. The Labute approximate surface area is 205 Å². The molecule has 0 fully saturated rings. The average Bonchev–Trinajstić information content (AvgIpc) is 3.33. The molecule has 3 aromatic rings. The molecule has 0 spiro atoms. The first kappa shape index (κ1) is 23.7. The maximum absolute atomic E-state index is 12.9. The second kappa shape index (κ2) is 10.6. The van der Waals surface area contributed by atoms with Crippen LogP contribution in [0.4, 0.5) is 0 Å². The molecule has 0 saturated heterocycles. The SMILES string of the molecule is COc1cc(Cl)cc(C=NNC(=O)C(=Cc2ccc3c(c2)OCO3)NC(=O)c2ccccc2)c1O. The fraction of sp³-hybridized carbons (Fsp3) is 0.0800. The first-order valence-corrected chi connectivity index (χ1v) is 10.7. The van der Waals surface area contributed by atoms with Crippen LogP contribution >= 0.6 is 11.6 Å². The number of fused-ring (bicyclic) bond motifs is 1. The lowest BCUT2D eigenvalue weighted by Gasteiger charge is -2.10. The van der Waals surface area contributed by atoms with Gasteiger partial charge in [-0.3, -0.25) is 9.59 Å². The summed E-state index contributed by atoms with van der Waals surface area (Å²) < 4.78 is 15.7. The van der Waals surface area contributed by atoms with Gasteiger partial charge in [-0.15, -0.1) is 0 Å². The molecule has 4 rings (SSSR count). The van der Waals surface area contributed by atoms with Crippen LogP contribution in [0.2, 0.25) is 5.02 Å². The molecule has 0 unspecified atom stereocenters. The van der Waals surface area contributed by atoms with Gasteiger partial charge >= 0.3 is 0 Å². The van der Waals surface area contributed by atoms with Gasteiger partial charge in [0, 0.05) is 22.2 Å². The van der Waals surface area contributed by atoms with Crippen molar-refractivity contribution >= 4 is 35.7 Å². The Balaban J connectivity index is 1.58. The van der Waals surface area contributed by atoms with Crippen molar-refractivity contribution in [3.05, 3.63) is 88.1 Å². The van der Waals surface area contributed by atoms with Crippen molar-refractivity contribution in [3.63, 3.8) is 0 Å². The maximum Gasteiger partial charge on any atom is 0.287 e. The third-order valence-corrected chi connectivity index (χ3v) is 5.11. The van der Waals surface area contributed by atoms with Gasteiger partial charge in [-0.25, -0.2) is 5.43 Å². The second-order valence-corrected chi connectivity index (χ2v) is 7.67. The molecule has 10 heteroatoms. The van der Waals surface area contributed by atoms with E-state index in [2.05, 4.69) is 15.8 Å². The van der Waals surface area contributed by atoms with E-state index < -0.39 is 11.8 Å². The Morgan fingerprint density at radius 3 is 2.63 bits per heavy atom. The highest BCUT2D eigenvalue weighted by molar-refractivity contribution is 6.31. The van der Waals surface area contributed by atoms with Crippen LogP contribution < -0.4 is 25.0 Å². The molecule has 1 aliphatic rings. The van der Waals surface area contributed by atoms with Crippen LogP contribution in [-0.2, 0) is 4.79 Å². The van der Waals surface area contributed by atoms with Crippen LogP contribution in [-0.4, -0.2) is 37.0 Å². The molecule has 3 aromatic carbocycles. The van der Waals surface area contributed by atoms with Crippen molar-refractivity contribution in [2.24, 2.45) is 5.10 Å². The Morgan fingerprint density at radius 1 is 1.09 bits per heavy atom. The van der Waals surface area contributed by atoms with Crippen molar-refractivity contribution < 1.29 is 28.9 Å². The van der Waals surface area contributed by atoms with Gasteiger partial charge in [0.15, 0.2) is 23.0 Å². The Hall–Kier alpha value is -4.50. The van der Waals surface area contributed by atoms with E-state index in [1.165, 1.54) is 31.5 Å². The predicted octanol–water partition coefficient (Wildman–Crippen LogP) is 3.70. The molecule has 0 atom stereocenters. The smallest absolute Gasteiger partial charge is 0.287 e. The molecule has 1 aliphatic heterocycles. The number of hydrazone groups is 1. The molecule has 1 heterocycles. The molecule has 0 aromatic heterocycles. The van der Waals surface area contributed by atoms with Crippen LogP contribution in [0.25, 0.3) is 6.08 Å². The van der Waals surface area contributed by atoms with Crippen molar-refractivity contribution in [1.82, 2.24) is 10.7 Å². The summed E-state index contributed by atoms with van der Waals surface area (Å²) in [6.07, 6.45) is 2.69. The number of nitrogens with one attached hydrogen (secondary N) is 2. The Kier molecular flexibility index (Phi) is 7.18. The number of carbonyl (C=O) groups excluding carboxylic acids is 2. The van der Waals surface area contributed by atoms with Crippen LogP contribution in [0.15, 0.2) is 71.5 Å². The molecule has 3 N–H and O–H groups in total. The largest absolute Gasteiger partial charge is 0.504 e. The van der Waals surface area contributed by atoms with E-state index in [9.17, 15) is 14.7 Å². The number of benzene rings is 3. The van der Waals surface area contributed by atoms with Crippen LogP contribution in [0.1, 0.15) is 21.5 Å². The minimum Gasteiger partial charge on any atom is -0.504 e. The van der Waals surface area contributed by atoms with Gasteiger partial charge in [0.25, 0.3) is 11.8 Å². The first-order valence-electron chi connectivity index (χ1n) is 10.3. The lowest BCUT2D eigenvalue weighted by molar-refractivity contribution is -0.117.